The van der Waals surface area contributed by atoms with Gasteiger partial charge in [0, 0.05) is 6.20 Å². The van der Waals surface area contributed by atoms with Gasteiger partial charge in [0.2, 0.25) is 5.91 Å². The molecule has 0 aliphatic rings. The minimum atomic E-state index is -0.0292. The van der Waals surface area contributed by atoms with Crippen molar-refractivity contribution in [2.24, 2.45) is 0 Å². The Balaban J connectivity index is 2.00. The summed E-state index contributed by atoms with van der Waals surface area (Å²) < 4.78 is 2.50. The molecule has 1 aromatic carbocycles. The molecule has 1 heterocycles. The topological polar surface area (TPSA) is 46.9 Å². The largest absolute Gasteiger partial charge is 0.348 e. The fourth-order valence-corrected chi connectivity index (χ4v) is 2.85. The molecule has 2 rings (SSSR count). The number of aromatic nitrogens is 2. The maximum Gasteiger partial charge on any atom is 0.242 e. The zero-order chi connectivity index (χ0) is 16.8. The Bertz CT molecular complexity index is 636. The van der Waals surface area contributed by atoms with E-state index in [0.717, 1.165) is 22.9 Å². The average molecular weight is 378 g/mol. The number of benzene rings is 1. The number of hydrogen-bond acceptors (Lipinski definition) is 2. The van der Waals surface area contributed by atoms with Crippen molar-refractivity contribution >= 4 is 21.8 Å². The summed E-state index contributed by atoms with van der Waals surface area (Å²) in [6.07, 6.45) is 5.46. The molecule has 2 unspecified atom stereocenters. The number of carbonyl (C=O) groups is 1. The van der Waals surface area contributed by atoms with Crippen molar-refractivity contribution < 1.29 is 4.79 Å². The monoisotopic (exact) mass is 377 g/mol. The zero-order valence-corrected chi connectivity index (χ0v) is 15.5. The van der Waals surface area contributed by atoms with E-state index in [2.05, 4.69) is 71.4 Å². The highest BCUT2D eigenvalue weighted by molar-refractivity contribution is 9.10. The highest BCUT2D eigenvalue weighted by Gasteiger charge is 2.14. The smallest absolute Gasteiger partial charge is 0.242 e. The fourth-order valence-electron chi connectivity index (χ4n) is 2.53. The first-order chi connectivity index (χ1) is 11.0. The lowest BCUT2D eigenvalue weighted by Gasteiger charge is -2.18. The van der Waals surface area contributed by atoms with E-state index in [9.17, 15) is 4.79 Å². The lowest BCUT2D eigenvalue weighted by molar-refractivity contribution is -0.122. The molecule has 5 heteroatoms. The van der Waals surface area contributed by atoms with Crippen molar-refractivity contribution in [3.8, 4) is 0 Å². The lowest BCUT2D eigenvalue weighted by Crippen LogP contribution is -2.31. The Labute approximate surface area is 146 Å². The second-order valence-corrected chi connectivity index (χ2v) is 6.78. The summed E-state index contributed by atoms with van der Waals surface area (Å²) in [5.41, 5.74) is 2.49. The van der Waals surface area contributed by atoms with Crippen LogP contribution in [0.4, 0.5) is 0 Å². The Hall–Kier alpha value is -1.62. The van der Waals surface area contributed by atoms with Gasteiger partial charge in [-0.25, -0.2) is 0 Å². The van der Waals surface area contributed by atoms with Gasteiger partial charge < -0.3 is 5.32 Å². The zero-order valence-electron chi connectivity index (χ0n) is 13.9. The molecule has 124 valence electrons. The molecule has 0 radical (unpaired) electrons. The van der Waals surface area contributed by atoms with E-state index in [4.69, 9.17) is 0 Å². The maximum atomic E-state index is 12.2. The van der Waals surface area contributed by atoms with Gasteiger partial charge in [0.05, 0.1) is 16.7 Å². The van der Waals surface area contributed by atoms with E-state index >= 15 is 0 Å². The first kappa shape index (κ1) is 17.7. The van der Waals surface area contributed by atoms with Crippen molar-refractivity contribution in [1.82, 2.24) is 15.1 Å². The molecule has 1 aromatic heterocycles. The van der Waals surface area contributed by atoms with E-state index in [1.54, 1.807) is 17.1 Å². The van der Waals surface area contributed by atoms with Gasteiger partial charge in [0.1, 0.15) is 6.54 Å². The second-order valence-electron chi connectivity index (χ2n) is 5.86. The number of nitrogens with zero attached hydrogens (tertiary/aromatic N) is 2. The van der Waals surface area contributed by atoms with Gasteiger partial charge in [-0.1, -0.05) is 45.0 Å². The van der Waals surface area contributed by atoms with Crippen LogP contribution in [-0.2, 0) is 11.3 Å². The number of halogens is 1. The van der Waals surface area contributed by atoms with Crippen molar-refractivity contribution in [3.63, 3.8) is 0 Å². The van der Waals surface area contributed by atoms with Crippen LogP contribution in [0.15, 0.2) is 41.1 Å². The molecule has 0 spiro atoms. The van der Waals surface area contributed by atoms with Gasteiger partial charge in [-0.3, -0.25) is 9.48 Å². The van der Waals surface area contributed by atoms with Crippen molar-refractivity contribution in [2.75, 3.05) is 0 Å². The summed E-state index contributed by atoms with van der Waals surface area (Å²) in [7, 11) is 0. The predicted molar refractivity (Wildman–Crippen MR) is 96.2 cm³/mol. The van der Waals surface area contributed by atoms with E-state index in [1.165, 1.54) is 5.56 Å². The summed E-state index contributed by atoms with van der Waals surface area (Å²) in [5, 5.41) is 7.20. The van der Waals surface area contributed by atoms with Gasteiger partial charge in [0.25, 0.3) is 0 Å². The third-order valence-electron chi connectivity index (χ3n) is 4.17. The van der Waals surface area contributed by atoms with Crippen LogP contribution in [0.5, 0.6) is 0 Å². The summed E-state index contributed by atoms with van der Waals surface area (Å²) in [6, 6.07) is 8.62. The molecular weight excluding hydrogens is 354 g/mol. The van der Waals surface area contributed by atoms with Crippen LogP contribution in [-0.4, -0.2) is 15.7 Å². The molecule has 0 saturated heterocycles. The van der Waals surface area contributed by atoms with Crippen molar-refractivity contribution in [2.45, 2.75) is 52.1 Å². The Morgan fingerprint density at radius 2 is 1.87 bits per heavy atom. The van der Waals surface area contributed by atoms with Gasteiger partial charge in [0.15, 0.2) is 0 Å². The van der Waals surface area contributed by atoms with E-state index < -0.39 is 0 Å². The number of carbonyl (C=O) groups excluding carboxylic acids is 1. The van der Waals surface area contributed by atoms with Gasteiger partial charge >= 0.3 is 0 Å². The second kappa shape index (κ2) is 8.29. The first-order valence-electron chi connectivity index (χ1n) is 8.10. The molecule has 0 saturated carbocycles. The molecule has 2 atom stereocenters. The Morgan fingerprint density at radius 3 is 2.39 bits per heavy atom. The highest BCUT2D eigenvalue weighted by Crippen LogP contribution is 2.22. The molecule has 1 N–H and O–H groups in total. The van der Waals surface area contributed by atoms with Crippen molar-refractivity contribution in [3.05, 3.63) is 52.3 Å². The Morgan fingerprint density at radius 1 is 1.22 bits per heavy atom. The number of amides is 1. The predicted octanol–water partition coefficient (Wildman–Crippen LogP) is 4.43. The average Bonchev–Trinajstić information content (AvgIpc) is 2.96. The SMILES string of the molecule is CCC(C)c1ccc(C(CC)NC(=O)Cn2cc(Br)cn2)cc1. The minimum absolute atomic E-state index is 0.0292. The molecular formula is C18H24BrN3O. The van der Waals surface area contributed by atoms with E-state index in [-0.39, 0.29) is 18.5 Å². The molecule has 0 aliphatic heterocycles. The third-order valence-corrected chi connectivity index (χ3v) is 4.58. The lowest BCUT2D eigenvalue weighted by atomic mass is 9.95. The van der Waals surface area contributed by atoms with Crippen LogP contribution in [0, 0.1) is 0 Å². The quantitative estimate of drug-likeness (QED) is 0.775. The summed E-state index contributed by atoms with van der Waals surface area (Å²) >= 11 is 3.33. The fraction of sp³-hybridized carbons (Fsp3) is 0.444. The van der Waals surface area contributed by atoms with Gasteiger partial charge in [-0.15, -0.1) is 0 Å². The molecule has 4 nitrogen and oxygen atoms in total. The van der Waals surface area contributed by atoms with Gasteiger partial charge in [-0.2, -0.15) is 5.10 Å². The normalized spacial score (nSPS) is 13.6. The molecule has 23 heavy (non-hydrogen) atoms. The molecule has 1 amide bonds. The van der Waals surface area contributed by atoms with E-state index in [1.807, 2.05) is 0 Å². The standard InChI is InChI=1S/C18H24BrN3O/c1-4-13(3)14-6-8-15(9-7-14)17(5-2)21-18(23)12-22-11-16(19)10-20-22/h6-11,13,17H,4-5,12H2,1-3H3,(H,21,23). The van der Waals surface area contributed by atoms with Crippen LogP contribution in [0.1, 0.15) is 56.7 Å². The number of nitrogens with one attached hydrogen (secondary N) is 1. The van der Waals surface area contributed by atoms with Crippen molar-refractivity contribution in [1.29, 1.82) is 0 Å². The first-order valence-corrected chi connectivity index (χ1v) is 8.90. The number of rotatable bonds is 7. The van der Waals surface area contributed by atoms with Crippen LogP contribution in [0.25, 0.3) is 0 Å². The van der Waals surface area contributed by atoms with Crippen LogP contribution < -0.4 is 5.32 Å². The molecule has 0 fully saturated rings. The number of hydrogen-bond donors (Lipinski definition) is 1. The third kappa shape index (κ3) is 4.93. The summed E-state index contributed by atoms with van der Waals surface area (Å²) in [6.45, 7) is 6.74. The summed E-state index contributed by atoms with van der Waals surface area (Å²) in [4.78, 5) is 12.2. The van der Waals surface area contributed by atoms with Crippen LogP contribution in [0.3, 0.4) is 0 Å². The molecule has 2 aromatic rings. The van der Waals surface area contributed by atoms with Crippen LogP contribution in [0.2, 0.25) is 0 Å². The molecule has 0 bridgehead atoms. The molecule has 0 aliphatic carbocycles. The minimum Gasteiger partial charge on any atom is -0.348 e. The Kier molecular flexibility index (Phi) is 6.39. The van der Waals surface area contributed by atoms with E-state index in [0.29, 0.717) is 5.92 Å². The highest BCUT2D eigenvalue weighted by atomic mass is 79.9. The maximum absolute atomic E-state index is 12.2. The van der Waals surface area contributed by atoms with Crippen LogP contribution >= 0.6 is 15.9 Å². The summed E-state index contributed by atoms with van der Waals surface area (Å²) in [5.74, 6) is 0.537. The van der Waals surface area contributed by atoms with Gasteiger partial charge in [-0.05, 0) is 45.8 Å².